The number of carbonyl (C=O) groups is 1. The molecule has 1 unspecified atom stereocenters. The SMILES string of the molecule is CCOC(=O)C(c1ccc(CBr)cc1)C(CC)CC. The minimum Gasteiger partial charge on any atom is -0.466 e. The highest BCUT2D eigenvalue weighted by atomic mass is 79.9. The first-order valence-corrected chi connectivity index (χ1v) is 8.11. The molecule has 19 heavy (non-hydrogen) atoms. The van der Waals surface area contributed by atoms with Gasteiger partial charge in [0.15, 0.2) is 0 Å². The fraction of sp³-hybridized carbons (Fsp3) is 0.562. The Labute approximate surface area is 124 Å². The molecule has 1 rings (SSSR count). The number of hydrogen-bond acceptors (Lipinski definition) is 2. The molecule has 0 spiro atoms. The zero-order valence-electron chi connectivity index (χ0n) is 12.0. The van der Waals surface area contributed by atoms with E-state index in [0.29, 0.717) is 12.5 Å². The van der Waals surface area contributed by atoms with Crippen molar-refractivity contribution in [3.05, 3.63) is 35.4 Å². The van der Waals surface area contributed by atoms with Crippen LogP contribution in [0.2, 0.25) is 0 Å². The second-order valence-corrected chi connectivity index (χ2v) is 5.24. The first kappa shape index (κ1) is 16.2. The summed E-state index contributed by atoms with van der Waals surface area (Å²) in [5.74, 6) is 0.107. The number of alkyl halides is 1. The summed E-state index contributed by atoms with van der Waals surface area (Å²) >= 11 is 3.44. The Hall–Kier alpha value is -0.830. The van der Waals surface area contributed by atoms with Crippen LogP contribution >= 0.6 is 15.9 Å². The summed E-state index contributed by atoms with van der Waals surface area (Å²) in [6.45, 7) is 6.56. The maximum Gasteiger partial charge on any atom is 0.313 e. The summed E-state index contributed by atoms with van der Waals surface area (Å²) in [5, 5.41) is 0.836. The summed E-state index contributed by atoms with van der Waals surface area (Å²) in [7, 11) is 0. The lowest BCUT2D eigenvalue weighted by atomic mass is 9.82. The van der Waals surface area contributed by atoms with Crippen molar-refractivity contribution in [2.45, 2.75) is 44.9 Å². The van der Waals surface area contributed by atoms with Crippen molar-refractivity contribution in [3.63, 3.8) is 0 Å². The van der Waals surface area contributed by atoms with Crippen LogP contribution in [0.3, 0.4) is 0 Å². The van der Waals surface area contributed by atoms with E-state index in [9.17, 15) is 4.79 Å². The largest absolute Gasteiger partial charge is 0.466 e. The van der Waals surface area contributed by atoms with E-state index >= 15 is 0 Å². The molecule has 0 heterocycles. The highest BCUT2D eigenvalue weighted by Crippen LogP contribution is 2.31. The normalized spacial score (nSPS) is 12.5. The smallest absolute Gasteiger partial charge is 0.313 e. The third kappa shape index (κ3) is 4.34. The van der Waals surface area contributed by atoms with Gasteiger partial charge in [0.05, 0.1) is 12.5 Å². The van der Waals surface area contributed by atoms with Crippen molar-refractivity contribution >= 4 is 21.9 Å². The van der Waals surface area contributed by atoms with Gasteiger partial charge in [0, 0.05) is 5.33 Å². The topological polar surface area (TPSA) is 26.3 Å². The monoisotopic (exact) mass is 326 g/mol. The highest BCUT2D eigenvalue weighted by molar-refractivity contribution is 9.08. The average molecular weight is 327 g/mol. The number of ether oxygens (including phenoxy) is 1. The van der Waals surface area contributed by atoms with E-state index in [1.807, 2.05) is 6.92 Å². The first-order valence-electron chi connectivity index (χ1n) is 6.99. The zero-order chi connectivity index (χ0) is 14.3. The Kier molecular flexibility index (Phi) is 7.14. The molecule has 0 aliphatic carbocycles. The van der Waals surface area contributed by atoms with Crippen molar-refractivity contribution < 1.29 is 9.53 Å². The molecule has 0 radical (unpaired) electrons. The summed E-state index contributed by atoms with van der Waals surface area (Å²) in [6, 6.07) is 8.24. The van der Waals surface area contributed by atoms with Gasteiger partial charge in [-0.05, 0) is 24.0 Å². The van der Waals surface area contributed by atoms with Gasteiger partial charge in [-0.1, -0.05) is 66.9 Å². The van der Waals surface area contributed by atoms with Gasteiger partial charge < -0.3 is 4.74 Å². The van der Waals surface area contributed by atoms with E-state index in [0.717, 1.165) is 23.7 Å². The second-order valence-electron chi connectivity index (χ2n) is 4.68. The van der Waals surface area contributed by atoms with E-state index in [-0.39, 0.29) is 11.9 Å². The van der Waals surface area contributed by atoms with Gasteiger partial charge in [-0.25, -0.2) is 0 Å². The molecule has 0 bridgehead atoms. The van der Waals surface area contributed by atoms with Crippen molar-refractivity contribution in [2.75, 3.05) is 6.61 Å². The maximum atomic E-state index is 12.2. The lowest BCUT2D eigenvalue weighted by molar-refractivity contribution is -0.146. The van der Waals surface area contributed by atoms with Crippen LogP contribution in [0.25, 0.3) is 0 Å². The number of rotatable bonds is 7. The van der Waals surface area contributed by atoms with Crippen LogP contribution in [-0.4, -0.2) is 12.6 Å². The lowest BCUT2D eigenvalue weighted by Crippen LogP contribution is -2.23. The van der Waals surface area contributed by atoms with Crippen molar-refractivity contribution in [2.24, 2.45) is 5.92 Å². The molecule has 0 saturated carbocycles. The highest BCUT2D eigenvalue weighted by Gasteiger charge is 2.28. The molecule has 0 aliphatic heterocycles. The zero-order valence-corrected chi connectivity index (χ0v) is 13.6. The molecule has 106 valence electrons. The van der Waals surface area contributed by atoms with Crippen molar-refractivity contribution in [1.29, 1.82) is 0 Å². The number of hydrogen-bond donors (Lipinski definition) is 0. The average Bonchev–Trinajstić information content (AvgIpc) is 2.45. The molecule has 0 fully saturated rings. The van der Waals surface area contributed by atoms with Crippen molar-refractivity contribution in [1.82, 2.24) is 0 Å². The molecule has 1 aromatic carbocycles. The number of benzene rings is 1. The van der Waals surface area contributed by atoms with Gasteiger partial charge in [0.1, 0.15) is 0 Å². The predicted octanol–water partition coefficient (Wildman–Crippen LogP) is 4.66. The third-order valence-electron chi connectivity index (χ3n) is 3.55. The van der Waals surface area contributed by atoms with Crippen LogP contribution in [-0.2, 0) is 14.9 Å². The second kappa shape index (κ2) is 8.36. The molecule has 1 aromatic rings. The predicted molar refractivity (Wildman–Crippen MR) is 82.5 cm³/mol. The van der Waals surface area contributed by atoms with Gasteiger partial charge >= 0.3 is 5.97 Å². The van der Waals surface area contributed by atoms with Crippen LogP contribution in [0, 0.1) is 5.92 Å². The van der Waals surface area contributed by atoms with E-state index < -0.39 is 0 Å². The minimum absolute atomic E-state index is 0.0946. The Morgan fingerprint density at radius 2 is 1.74 bits per heavy atom. The summed E-state index contributed by atoms with van der Waals surface area (Å²) < 4.78 is 5.25. The fourth-order valence-corrected chi connectivity index (χ4v) is 2.78. The summed E-state index contributed by atoms with van der Waals surface area (Å²) in [6.07, 6.45) is 1.97. The first-order chi connectivity index (χ1) is 9.17. The van der Waals surface area contributed by atoms with Gasteiger partial charge in [-0.2, -0.15) is 0 Å². The molecule has 0 aliphatic rings. The molecule has 0 amide bonds. The van der Waals surface area contributed by atoms with Crippen LogP contribution < -0.4 is 0 Å². The van der Waals surface area contributed by atoms with Crippen LogP contribution in [0.5, 0.6) is 0 Å². The molecule has 3 heteroatoms. The van der Waals surface area contributed by atoms with Crippen LogP contribution in [0.15, 0.2) is 24.3 Å². The maximum absolute atomic E-state index is 12.2. The quantitative estimate of drug-likeness (QED) is 0.538. The third-order valence-corrected chi connectivity index (χ3v) is 4.20. The molecule has 0 saturated heterocycles. The molecule has 1 atom stereocenters. The number of halogens is 1. The minimum atomic E-state index is -0.140. The Balaban J connectivity index is 3.03. The van der Waals surface area contributed by atoms with E-state index in [2.05, 4.69) is 54.0 Å². The van der Waals surface area contributed by atoms with Crippen LogP contribution in [0.4, 0.5) is 0 Å². The molecular formula is C16H23BrO2. The van der Waals surface area contributed by atoms with Gasteiger partial charge in [-0.3, -0.25) is 4.79 Å². The van der Waals surface area contributed by atoms with Crippen LogP contribution in [0.1, 0.15) is 50.7 Å². The molecule has 0 N–H and O–H groups in total. The number of carbonyl (C=O) groups excluding carboxylic acids is 1. The molecule has 2 nitrogen and oxygen atoms in total. The number of esters is 1. The standard InChI is InChI=1S/C16H23BrO2/c1-4-13(5-2)15(16(18)19-6-3)14-9-7-12(11-17)8-10-14/h7-10,13,15H,4-6,11H2,1-3H3. The molecular weight excluding hydrogens is 304 g/mol. The van der Waals surface area contributed by atoms with Gasteiger partial charge in [-0.15, -0.1) is 0 Å². The Bertz CT molecular complexity index is 382. The van der Waals surface area contributed by atoms with Gasteiger partial charge in [0.2, 0.25) is 0 Å². The van der Waals surface area contributed by atoms with Crippen molar-refractivity contribution in [3.8, 4) is 0 Å². The molecule has 0 aromatic heterocycles. The van der Waals surface area contributed by atoms with E-state index in [1.165, 1.54) is 5.56 Å². The van der Waals surface area contributed by atoms with E-state index in [1.54, 1.807) is 0 Å². The summed E-state index contributed by atoms with van der Waals surface area (Å²) in [5.41, 5.74) is 2.28. The van der Waals surface area contributed by atoms with Gasteiger partial charge in [0.25, 0.3) is 0 Å². The Morgan fingerprint density at radius 3 is 2.16 bits per heavy atom. The fourth-order valence-electron chi connectivity index (χ4n) is 2.41. The summed E-state index contributed by atoms with van der Waals surface area (Å²) in [4.78, 5) is 12.2. The lowest BCUT2D eigenvalue weighted by Gasteiger charge is -2.24. The van der Waals surface area contributed by atoms with E-state index in [4.69, 9.17) is 4.74 Å². The Morgan fingerprint density at radius 1 is 1.16 bits per heavy atom.